The van der Waals surface area contributed by atoms with Crippen LogP contribution >= 0.6 is 0 Å². The Morgan fingerprint density at radius 2 is 2.00 bits per heavy atom. The minimum atomic E-state index is -0.525. The minimum Gasteiger partial charge on any atom is -0.375 e. The molecule has 1 N–H and O–H groups in total. The molecular weight excluding hydrogens is 272 g/mol. The summed E-state index contributed by atoms with van der Waals surface area (Å²) in [5.74, 6) is -0.995. The van der Waals surface area contributed by atoms with Crippen LogP contribution in [0.25, 0.3) is 0 Å². The maximum absolute atomic E-state index is 13.6. The second-order valence-electron chi connectivity index (χ2n) is 6.40. The molecule has 0 bridgehead atoms. The Hall–Kier alpha value is -1.00. The van der Waals surface area contributed by atoms with Gasteiger partial charge in [-0.05, 0) is 31.7 Å². The van der Waals surface area contributed by atoms with E-state index >= 15 is 0 Å². The van der Waals surface area contributed by atoms with Crippen molar-refractivity contribution in [1.82, 2.24) is 5.32 Å². The standard InChI is InChI=1S/C17H23F2NO/c18-14-5-4-13(16(19)10-14)12-20-15-6-9-21-17(11-15)7-2-1-3-8-17/h4-5,10,15,20H,1-3,6-9,11-12H2. The van der Waals surface area contributed by atoms with Gasteiger partial charge >= 0.3 is 0 Å². The van der Waals surface area contributed by atoms with Gasteiger partial charge in [-0.25, -0.2) is 8.78 Å². The minimum absolute atomic E-state index is 0.0511. The first-order valence-electron chi connectivity index (χ1n) is 7.98. The molecule has 1 aliphatic carbocycles. The molecule has 1 heterocycles. The number of ether oxygens (including phenoxy) is 1. The van der Waals surface area contributed by atoms with Gasteiger partial charge in [0, 0.05) is 30.8 Å². The van der Waals surface area contributed by atoms with Crippen LogP contribution in [0.5, 0.6) is 0 Å². The molecule has 0 radical (unpaired) electrons. The van der Waals surface area contributed by atoms with E-state index in [-0.39, 0.29) is 5.60 Å². The average molecular weight is 295 g/mol. The van der Waals surface area contributed by atoms with E-state index in [1.807, 2.05) is 0 Å². The number of rotatable bonds is 3. The maximum atomic E-state index is 13.6. The van der Waals surface area contributed by atoms with Crippen LogP contribution in [-0.4, -0.2) is 18.2 Å². The SMILES string of the molecule is Fc1ccc(CNC2CCOC3(CCCCC3)C2)c(F)c1. The van der Waals surface area contributed by atoms with Gasteiger partial charge in [0.1, 0.15) is 11.6 Å². The Labute approximate surface area is 124 Å². The second kappa shape index (κ2) is 6.41. The van der Waals surface area contributed by atoms with E-state index in [1.54, 1.807) is 0 Å². The molecule has 1 aromatic rings. The highest BCUT2D eigenvalue weighted by Crippen LogP contribution is 2.38. The molecule has 2 aliphatic rings. The number of hydrogen-bond acceptors (Lipinski definition) is 2. The topological polar surface area (TPSA) is 21.3 Å². The van der Waals surface area contributed by atoms with Gasteiger partial charge in [0.15, 0.2) is 0 Å². The number of hydrogen-bond donors (Lipinski definition) is 1. The Morgan fingerprint density at radius 1 is 1.19 bits per heavy atom. The van der Waals surface area contributed by atoms with Crippen LogP contribution in [-0.2, 0) is 11.3 Å². The maximum Gasteiger partial charge on any atom is 0.130 e. The lowest BCUT2D eigenvalue weighted by atomic mass is 9.78. The Balaban J connectivity index is 1.57. The second-order valence-corrected chi connectivity index (χ2v) is 6.40. The normalized spacial score (nSPS) is 25.1. The lowest BCUT2D eigenvalue weighted by molar-refractivity contribution is -0.109. The van der Waals surface area contributed by atoms with Crippen molar-refractivity contribution in [1.29, 1.82) is 0 Å². The summed E-state index contributed by atoms with van der Waals surface area (Å²) in [5, 5.41) is 3.43. The fourth-order valence-electron chi connectivity index (χ4n) is 3.67. The summed E-state index contributed by atoms with van der Waals surface area (Å²) in [4.78, 5) is 0. The summed E-state index contributed by atoms with van der Waals surface area (Å²) >= 11 is 0. The zero-order chi connectivity index (χ0) is 14.7. The molecular formula is C17H23F2NO. The van der Waals surface area contributed by atoms with Gasteiger partial charge < -0.3 is 10.1 Å². The molecule has 0 aromatic heterocycles. The third-order valence-electron chi connectivity index (χ3n) is 4.85. The van der Waals surface area contributed by atoms with Crippen molar-refractivity contribution in [2.45, 2.75) is 63.1 Å². The van der Waals surface area contributed by atoms with Crippen LogP contribution in [0.15, 0.2) is 18.2 Å². The number of nitrogens with one attached hydrogen (secondary N) is 1. The van der Waals surface area contributed by atoms with E-state index < -0.39 is 11.6 Å². The number of benzene rings is 1. The van der Waals surface area contributed by atoms with Crippen LogP contribution in [0.4, 0.5) is 8.78 Å². The Morgan fingerprint density at radius 3 is 2.76 bits per heavy atom. The molecule has 1 saturated heterocycles. The summed E-state index contributed by atoms with van der Waals surface area (Å²) in [7, 11) is 0. The summed E-state index contributed by atoms with van der Waals surface area (Å²) < 4.78 is 32.6. The lowest BCUT2D eigenvalue weighted by Gasteiger charge is -2.43. The largest absolute Gasteiger partial charge is 0.375 e. The van der Waals surface area contributed by atoms with Crippen molar-refractivity contribution in [2.75, 3.05) is 6.61 Å². The average Bonchev–Trinajstić information content (AvgIpc) is 2.47. The van der Waals surface area contributed by atoms with Gasteiger partial charge in [-0.1, -0.05) is 25.3 Å². The molecule has 2 nitrogen and oxygen atoms in total. The first-order chi connectivity index (χ1) is 10.2. The third-order valence-corrected chi connectivity index (χ3v) is 4.85. The third kappa shape index (κ3) is 3.61. The monoisotopic (exact) mass is 295 g/mol. The molecule has 116 valence electrons. The van der Waals surface area contributed by atoms with Crippen molar-refractivity contribution in [3.05, 3.63) is 35.4 Å². The van der Waals surface area contributed by atoms with E-state index in [2.05, 4.69) is 5.32 Å². The quantitative estimate of drug-likeness (QED) is 0.912. The van der Waals surface area contributed by atoms with E-state index in [0.717, 1.165) is 38.4 Å². The van der Waals surface area contributed by atoms with Crippen molar-refractivity contribution in [2.24, 2.45) is 0 Å². The van der Waals surface area contributed by atoms with E-state index in [1.165, 1.54) is 31.4 Å². The van der Waals surface area contributed by atoms with Gasteiger partial charge in [0.2, 0.25) is 0 Å². The predicted molar refractivity (Wildman–Crippen MR) is 78.0 cm³/mol. The first kappa shape index (κ1) is 14.9. The van der Waals surface area contributed by atoms with E-state index in [9.17, 15) is 8.78 Å². The molecule has 2 fully saturated rings. The summed E-state index contributed by atoms with van der Waals surface area (Å²) in [5.41, 5.74) is 0.579. The lowest BCUT2D eigenvalue weighted by Crippen LogP contribution is -2.47. The highest BCUT2D eigenvalue weighted by molar-refractivity contribution is 5.18. The number of halogens is 2. The Bertz CT molecular complexity index is 480. The zero-order valence-electron chi connectivity index (χ0n) is 12.3. The van der Waals surface area contributed by atoms with Crippen molar-refractivity contribution in [3.63, 3.8) is 0 Å². The first-order valence-corrected chi connectivity index (χ1v) is 7.98. The molecule has 4 heteroatoms. The summed E-state index contributed by atoms with van der Waals surface area (Å²) in [6.07, 6.45) is 8.08. The highest BCUT2D eigenvalue weighted by Gasteiger charge is 2.38. The van der Waals surface area contributed by atoms with Crippen LogP contribution in [0.3, 0.4) is 0 Å². The van der Waals surface area contributed by atoms with Crippen LogP contribution in [0.1, 0.15) is 50.5 Å². The summed E-state index contributed by atoms with van der Waals surface area (Å²) in [6, 6.07) is 4.14. The van der Waals surface area contributed by atoms with Gasteiger partial charge in [-0.15, -0.1) is 0 Å². The molecule has 1 atom stereocenters. The molecule has 21 heavy (non-hydrogen) atoms. The van der Waals surface area contributed by atoms with Crippen molar-refractivity contribution in [3.8, 4) is 0 Å². The van der Waals surface area contributed by atoms with Gasteiger partial charge in [-0.3, -0.25) is 0 Å². The van der Waals surface area contributed by atoms with Crippen LogP contribution in [0.2, 0.25) is 0 Å². The molecule has 1 unspecified atom stereocenters. The van der Waals surface area contributed by atoms with Crippen LogP contribution < -0.4 is 5.32 Å². The zero-order valence-corrected chi connectivity index (χ0v) is 12.3. The highest BCUT2D eigenvalue weighted by atomic mass is 19.1. The fraction of sp³-hybridized carbons (Fsp3) is 0.647. The van der Waals surface area contributed by atoms with Gasteiger partial charge in [0.05, 0.1) is 5.60 Å². The Kier molecular flexibility index (Phi) is 4.55. The van der Waals surface area contributed by atoms with Gasteiger partial charge in [0.25, 0.3) is 0 Å². The molecule has 1 saturated carbocycles. The smallest absolute Gasteiger partial charge is 0.130 e. The molecule has 0 amide bonds. The summed E-state index contributed by atoms with van der Waals surface area (Å²) in [6.45, 7) is 1.23. The van der Waals surface area contributed by atoms with Crippen molar-refractivity contribution >= 4 is 0 Å². The molecule has 1 aromatic carbocycles. The van der Waals surface area contributed by atoms with Gasteiger partial charge in [-0.2, -0.15) is 0 Å². The van der Waals surface area contributed by atoms with Crippen molar-refractivity contribution < 1.29 is 13.5 Å². The fourth-order valence-corrected chi connectivity index (χ4v) is 3.67. The molecule has 3 rings (SSSR count). The molecule has 1 aliphatic heterocycles. The van der Waals surface area contributed by atoms with E-state index in [0.29, 0.717) is 18.2 Å². The molecule has 1 spiro atoms. The van der Waals surface area contributed by atoms with E-state index in [4.69, 9.17) is 4.74 Å². The predicted octanol–water partition coefficient (Wildman–Crippen LogP) is 3.94. The van der Waals surface area contributed by atoms with Crippen LogP contribution in [0, 0.1) is 11.6 Å².